The lowest BCUT2D eigenvalue weighted by Crippen LogP contribution is -2.24. The number of carbonyl (C=O) groups excluding carboxylic acids is 2. The summed E-state index contributed by atoms with van der Waals surface area (Å²) in [6, 6.07) is 0. The minimum Gasteiger partial charge on any atom is -0.466 e. The molecule has 1 N–H and O–H groups in total. The van der Waals surface area contributed by atoms with Gasteiger partial charge in [0.15, 0.2) is 0 Å². The van der Waals surface area contributed by atoms with Crippen LogP contribution in [0.15, 0.2) is 0 Å². The number of ether oxygens (including phenoxy) is 2. The monoisotopic (exact) mass is 289 g/mol. The summed E-state index contributed by atoms with van der Waals surface area (Å²) in [4.78, 5) is 24.3. The van der Waals surface area contributed by atoms with Gasteiger partial charge in [0.05, 0.1) is 19.6 Å². The molecule has 0 rings (SSSR count). The van der Waals surface area contributed by atoms with Crippen LogP contribution in [0.1, 0.15) is 39.0 Å². The third kappa shape index (κ3) is 11.9. The summed E-state index contributed by atoms with van der Waals surface area (Å²) in [5.41, 5.74) is 0. The zero-order chi connectivity index (χ0) is 15.2. The Labute approximate surface area is 121 Å². The summed E-state index contributed by atoms with van der Waals surface area (Å²) in [5, 5.41) is 8.68. The molecular formula is C14H27NO5. The van der Waals surface area contributed by atoms with E-state index in [0.29, 0.717) is 51.9 Å². The van der Waals surface area contributed by atoms with Gasteiger partial charge in [0.2, 0.25) is 0 Å². The predicted octanol–water partition coefficient (Wildman–Crippen LogP) is 0.967. The van der Waals surface area contributed by atoms with Crippen LogP contribution in [0.2, 0.25) is 0 Å². The highest BCUT2D eigenvalue weighted by molar-refractivity contribution is 5.69. The minimum atomic E-state index is -0.216. The van der Waals surface area contributed by atoms with Crippen molar-refractivity contribution in [2.75, 3.05) is 40.0 Å². The van der Waals surface area contributed by atoms with Gasteiger partial charge in [-0.05, 0) is 26.3 Å². The SMILES string of the molecule is CCC(=O)OCCCCOC(=O)CCN(C)CCCO. The van der Waals surface area contributed by atoms with Crippen LogP contribution < -0.4 is 0 Å². The average Bonchev–Trinajstić information content (AvgIpc) is 2.45. The molecule has 118 valence electrons. The van der Waals surface area contributed by atoms with Crippen molar-refractivity contribution in [3.05, 3.63) is 0 Å². The highest BCUT2D eigenvalue weighted by atomic mass is 16.5. The molecule has 0 radical (unpaired) electrons. The molecule has 0 unspecified atom stereocenters. The number of unbranched alkanes of at least 4 members (excludes halogenated alkanes) is 1. The van der Waals surface area contributed by atoms with Gasteiger partial charge in [0, 0.05) is 26.1 Å². The van der Waals surface area contributed by atoms with E-state index < -0.39 is 0 Å². The van der Waals surface area contributed by atoms with Crippen molar-refractivity contribution in [1.82, 2.24) is 4.90 Å². The number of esters is 2. The summed E-state index contributed by atoms with van der Waals surface area (Å²) >= 11 is 0. The lowest BCUT2D eigenvalue weighted by atomic mass is 10.3. The highest BCUT2D eigenvalue weighted by Crippen LogP contribution is 1.97. The third-order valence-corrected chi connectivity index (χ3v) is 2.75. The number of hydrogen-bond acceptors (Lipinski definition) is 6. The summed E-state index contributed by atoms with van der Waals surface area (Å²) < 4.78 is 9.98. The van der Waals surface area contributed by atoms with Crippen LogP contribution in [0.5, 0.6) is 0 Å². The van der Waals surface area contributed by atoms with Gasteiger partial charge < -0.3 is 19.5 Å². The van der Waals surface area contributed by atoms with Crippen LogP contribution in [-0.2, 0) is 19.1 Å². The Bertz CT molecular complexity index is 270. The topological polar surface area (TPSA) is 76.1 Å². The Morgan fingerprint density at radius 1 is 1.00 bits per heavy atom. The second kappa shape index (κ2) is 12.9. The van der Waals surface area contributed by atoms with E-state index in [1.807, 2.05) is 11.9 Å². The zero-order valence-corrected chi connectivity index (χ0v) is 12.6. The van der Waals surface area contributed by atoms with Gasteiger partial charge in [-0.1, -0.05) is 6.92 Å². The summed E-state index contributed by atoms with van der Waals surface area (Å²) in [7, 11) is 1.91. The molecule has 0 fully saturated rings. The van der Waals surface area contributed by atoms with Gasteiger partial charge in [-0.15, -0.1) is 0 Å². The van der Waals surface area contributed by atoms with Gasteiger partial charge in [-0.25, -0.2) is 0 Å². The number of aliphatic hydroxyl groups excluding tert-OH is 1. The maximum absolute atomic E-state index is 11.4. The van der Waals surface area contributed by atoms with Crippen molar-refractivity contribution in [3.8, 4) is 0 Å². The molecule has 0 aromatic carbocycles. The molecule has 0 heterocycles. The molecule has 20 heavy (non-hydrogen) atoms. The van der Waals surface area contributed by atoms with E-state index in [1.165, 1.54) is 0 Å². The first-order valence-corrected chi connectivity index (χ1v) is 7.20. The number of aliphatic hydroxyl groups is 1. The van der Waals surface area contributed by atoms with Crippen LogP contribution in [0.4, 0.5) is 0 Å². The lowest BCUT2D eigenvalue weighted by Gasteiger charge is -2.15. The van der Waals surface area contributed by atoms with Gasteiger partial charge in [0.25, 0.3) is 0 Å². The molecule has 0 aliphatic rings. The average molecular weight is 289 g/mol. The van der Waals surface area contributed by atoms with Crippen LogP contribution in [0.3, 0.4) is 0 Å². The summed E-state index contributed by atoms with van der Waals surface area (Å²) in [5.74, 6) is -0.417. The Balaban J connectivity index is 3.38. The smallest absolute Gasteiger partial charge is 0.307 e. The number of hydrogen-bond donors (Lipinski definition) is 1. The predicted molar refractivity (Wildman–Crippen MR) is 75.3 cm³/mol. The van der Waals surface area contributed by atoms with Gasteiger partial charge in [0.1, 0.15) is 0 Å². The second-order valence-corrected chi connectivity index (χ2v) is 4.63. The van der Waals surface area contributed by atoms with E-state index >= 15 is 0 Å². The van der Waals surface area contributed by atoms with Crippen molar-refractivity contribution < 1.29 is 24.2 Å². The number of carbonyl (C=O) groups is 2. The Kier molecular flexibility index (Phi) is 12.1. The molecule has 6 nitrogen and oxygen atoms in total. The summed E-state index contributed by atoms with van der Waals surface area (Å²) in [6.07, 6.45) is 2.85. The minimum absolute atomic E-state index is 0.164. The largest absolute Gasteiger partial charge is 0.466 e. The first-order valence-electron chi connectivity index (χ1n) is 7.20. The van der Waals surface area contributed by atoms with Gasteiger partial charge in [-0.3, -0.25) is 9.59 Å². The molecule has 0 saturated heterocycles. The molecule has 0 aliphatic heterocycles. The Morgan fingerprint density at radius 3 is 2.15 bits per heavy atom. The molecule has 0 aliphatic carbocycles. The van der Waals surface area contributed by atoms with E-state index in [0.717, 1.165) is 6.54 Å². The van der Waals surface area contributed by atoms with E-state index in [-0.39, 0.29) is 18.5 Å². The van der Waals surface area contributed by atoms with Gasteiger partial charge >= 0.3 is 11.9 Å². The molecule has 0 aromatic heterocycles. The fraction of sp³-hybridized carbons (Fsp3) is 0.857. The number of nitrogens with zero attached hydrogens (tertiary/aromatic N) is 1. The normalized spacial score (nSPS) is 10.6. The van der Waals surface area contributed by atoms with E-state index in [1.54, 1.807) is 6.92 Å². The first-order chi connectivity index (χ1) is 9.60. The van der Waals surface area contributed by atoms with Crippen molar-refractivity contribution in [2.24, 2.45) is 0 Å². The second-order valence-electron chi connectivity index (χ2n) is 4.63. The van der Waals surface area contributed by atoms with Crippen molar-refractivity contribution in [3.63, 3.8) is 0 Å². The quantitative estimate of drug-likeness (QED) is 0.426. The zero-order valence-electron chi connectivity index (χ0n) is 12.6. The molecule has 0 bridgehead atoms. The van der Waals surface area contributed by atoms with Crippen molar-refractivity contribution in [1.29, 1.82) is 0 Å². The molecule has 0 amide bonds. The molecule has 0 saturated carbocycles. The van der Waals surface area contributed by atoms with Gasteiger partial charge in [-0.2, -0.15) is 0 Å². The van der Waals surface area contributed by atoms with E-state index in [2.05, 4.69) is 0 Å². The molecule has 0 spiro atoms. The maximum atomic E-state index is 11.4. The summed E-state index contributed by atoms with van der Waals surface area (Å²) in [6.45, 7) is 4.07. The van der Waals surface area contributed by atoms with E-state index in [9.17, 15) is 9.59 Å². The maximum Gasteiger partial charge on any atom is 0.307 e. The van der Waals surface area contributed by atoms with E-state index in [4.69, 9.17) is 14.6 Å². The number of rotatable bonds is 12. The Hall–Kier alpha value is -1.14. The molecule has 0 atom stereocenters. The third-order valence-electron chi connectivity index (χ3n) is 2.75. The van der Waals surface area contributed by atoms with Crippen LogP contribution in [0.25, 0.3) is 0 Å². The van der Waals surface area contributed by atoms with Crippen molar-refractivity contribution in [2.45, 2.75) is 39.0 Å². The van der Waals surface area contributed by atoms with Crippen LogP contribution in [-0.4, -0.2) is 61.9 Å². The standard InChI is InChI=1S/C14H27NO5/c1-3-13(17)19-11-4-5-12-20-14(18)7-9-15(2)8-6-10-16/h16H,3-12H2,1-2H3. The molecule has 6 heteroatoms. The van der Waals surface area contributed by atoms with Crippen LogP contribution >= 0.6 is 0 Å². The fourth-order valence-electron chi connectivity index (χ4n) is 1.48. The van der Waals surface area contributed by atoms with Crippen LogP contribution in [0, 0.1) is 0 Å². The first kappa shape index (κ1) is 18.9. The van der Waals surface area contributed by atoms with Crippen molar-refractivity contribution >= 4 is 11.9 Å². The molecule has 0 aromatic rings. The molecular weight excluding hydrogens is 262 g/mol. The fourth-order valence-corrected chi connectivity index (χ4v) is 1.48. The highest BCUT2D eigenvalue weighted by Gasteiger charge is 2.05. The lowest BCUT2D eigenvalue weighted by molar-refractivity contribution is -0.146. The Morgan fingerprint density at radius 2 is 1.60 bits per heavy atom.